The van der Waals surface area contributed by atoms with Gasteiger partial charge in [-0.15, -0.1) is 0 Å². The fraction of sp³-hybridized carbons (Fsp3) is 0.320. The van der Waals surface area contributed by atoms with Crippen molar-refractivity contribution in [1.82, 2.24) is 5.32 Å². The number of nitrogens with one attached hydrogen (secondary N) is 1. The van der Waals surface area contributed by atoms with Crippen LogP contribution in [-0.2, 0) is 16.0 Å². The third kappa shape index (κ3) is 5.73. The molecule has 1 aliphatic heterocycles. The quantitative estimate of drug-likeness (QED) is 0.200. The van der Waals surface area contributed by atoms with Crippen LogP contribution in [0.1, 0.15) is 45.2 Å². The fourth-order valence-electron chi connectivity index (χ4n) is 3.27. The van der Waals surface area contributed by atoms with Crippen molar-refractivity contribution in [3.05, 3.63) is 56.7 Å². The number of thiocarbonyl (C=S) groups is 1. The lowest BCUT2D eigenvalue weighted by Gasteiger charge is -2.29. The number of nitrogens with zero attached hydrogens (tertiary/aromatic N) is 1. The van der Waals surface area contributed by atoms with Gasteiger partial charge in [0.2, 0.25) is 0 Å². The van der Waals surface area contributed by atoms with Crippen LogP contribution in [0.3, 0.4) is 0 Å². The van der Waals surface area contributed by atoms with Crippen LogP contribution in [0.4, 0.5) is 5.69 Å². The van der Waals surface area contributed by atoms with Crippen molar-refractivity contribution in [2.75, 3.05) is 11.5 Å². The van der Waals surface area contributed by atoms with Crippen molar-refractivity contribution < 1.29 is 19.1 Å². The second-order valence-electron chi connectivity index (χ2n) is 7.58. The average molecular weight is 578 g/mol. The zero-order valence-corrected chi connectivity index (χ0v) is 22.1. The molecule has 1 fully saturated rings. The van der Waals surface area contributed by atoms with Crippen LogP contribution in [0.2, 0.25) is 0 Å². The monoisotopic (exact) mass is 578 g/mol. The smallest absolute Gasteiger partial charge is 0.270 e. The summed E-state index contributed by atoms with van der Waals surface area (Å²) in [6.45, 7) is 8.46. The SMILES string of the molecule is CCOc1cc(/C=C2\C(=O)NC(=S)N(c3ccc(CC)cc3)C2=O)cc(I)c1O[C@H](C)CC. The summed E-state index contributed by atoms with van der Waals surface area (Å²) < 4.78 is 12.7. The van der Waals surface area contributed by atoms with E-state index in [1.165, 1.54) is 4.90 Å². The highest BCUT2D eigenvalue weighted by molar-refractivity contribution is 14.1. The molecule has 1 heterocycles. The first-order chi connectivity index (χ1) is 15.8. The van der Waals surface area contributed by atoms with Gasteiger partial charge in [-0.2, -0.15) is 0 Å². The predicted molar refractivity (Wildman–Crippen MR) is 143 cm³/mol. The van der Waals surface area contributed by atoms with Gasteiger partial charge in [-0.05, 0) is 103 Å². The highest BCUT2D eigenvalue weighted by atomic mass is 127. The van der Waals surface area contributed by atoms with Crippen LogP contribution in [0.25, 0.3) is 6.08 Å². The minimum atomic E-state index is -0.528. The summed E-state index contributed by atoms with van der Waals surface area (Å²) in [5, 5.41) is 2.69. The predicted octanol–water partition coefficient (Wildman–Crippen LogP) is 5.26. The molecule has 0 aliphatic carbocycles. The Morgan fingerprint density at radius 1 is 1.15 bits per heavy atom. The van der Waals surface area contributed by atoms with E-state index in [9.17, 15) is 9.59 Å². The van der Waals surface area contributed by atoms with Gasteiger partial charge in [-0.1, -0.05) is 26.0 Å². The van der Waals surface area contributed by atoms with E-state index in [1.54, 1.807) is 12.1 Å². The maximum atomic E-state index is 13.3. The molecule has 6 nitrogen and oxygen atoms in total. The first-order valence-electron chi connectivity index (χ1n) is 10.9. The zero-order chi connectivity index (χ0) is 24.1. The van der Waals surface area contributed by atoms with E-state index in [-0.39, 0.29) is 16.8 Å². The molecule has 8 heteroatoms. The molecule has 1 aliphatic rings. The maximum Gasteiger partial charge on any atom is 0.270 e. The number of carbonyl (C=O) groups is 2. The Bertz CT molecular complexity index is 1100. The molecule has 174 valence electrons. The van der Waals surface area contributed by atoms with Crippen LogP contribution < -0.4 is 19.7 Å². The van der Waals surface area contributed by atoms with Crippen molar-refractivity contribution >= 4 is 63.5 Å². The number of ether oxygens (including phenoxy) is 2. The number of benzene rings is 2. The van der Waals surface area contributed by atoms with Crippen molar-refractivity contribution in [2.45, 2.75) is 46.6 Å². The summed E-state index contributed by atoms with van der Waals surface area (Å²) in [6, 6.07) is 11.2. The number of carbonyl (C=O) groups excluding carboxylic acids is 2. The van der Waals surface area contributed by atoms with E-state index in [0.717, 1.165) is 22.0 Å². The van der Waals surface area contributed by atoms with Crippen LogP contribution in [0.5, 0.6) is 11.5 Å². The molecule has 2 aromatic carbocycles. The summed E-state index contributed by atoms with van der Waals surface area (Å²) in [6.07, 6.45) is 3.33. The maximum absolute atomic E-state index is 13.3. The van der Waals surface area contributed by atoms with Gasteiger partial charge in [-0.3, -0.25) is 19.8 Å². The molecule has 2 aromatic rings. The number of aryl methyl sites for hydroxylation is 1. The molecular weight excluding hydrogens is 551 g/mol. The normalized spacial score (nSPS) is 16.1. The van der Waals surface area contributed by atoms with Gasteiger partial charge in [0.15, 0.2) is 16.6 Å². The van der Waals surface area contributed by atoms with Crippen LogP contribution >= 0.6 is 34.8 Å². The molecular formula is C25H27IN2O4S. The van der Waals surface area contributed by atoms with Crippen molar-refractivity contribution in [2.24, 2.45) is 0 Å². The molecule has 0 radical (unpaired) electrons. The molecule has 1 atom stereocenters. The third-order valence-corrected chi connectivity index (χ3v) is 6.33. The zero-order valence-electron chi connectivity index (χ0n) is 19.1. The largest absolute Gasteiger partial charge is 0.490 e. The Morgan fingerprint density at radius 2 is 1.85 bits per heavy atom. The molecule has 0 saturated carbocycles. The van der Waals surface area contributed by atoms with E-state index in [0.29, 0.717) is 29.4 Å². The standard InChI is InChI=1S/C25H27IN2O4S/c1-5-15(4)32-22-20(26)13-17(14-21(22)31-7-3)12-19-23(29)27-25(33)28(24(19)30)18-10-8-16(6-2)9-11-18/h8-15H,5-7H2,1-4H3,(H,27,29,33)/b19-12+/t15-/m1/s1. The number of rotatable bonds is 8. The lowest BCUT2D eigenvalue weighted by Crippen LogP contribution is -2.54. The fourth-order valence-corrected chi connectivity index (χ4v) is 4.31. The summed E-state index contributed by atoms with van der Waals surface area (Å²) in [5.74, 6) is 0.232. The summed E-state index contributed by atoms with van der Waals surface area (Å²) >= 11 is 7.47. The van der Waals surface area contributed by atoms with Crippen LogP contribution in [0, 0.1) is 3.57 Å². The van der Waals surface area contributed by atoms with Gasteiger partial charge >= 0.3 is 0 Å². The molecule has 33 heavy (non-hydrogen) atoms. The Labute approximate surface area is 213 Å². The summed E-state index contributed by atoms with van der Waals surface area (Å²) in [5.41, 5.74) is 2.41. The van der Waals surface area contributed by atoms with E-state index >= 15 is 0 Å². The summed E-state index contributed by atoms with van der Waals surface area (Å²) in [4.78, 5) is 27.3. The molecule has 2 amide bonds. The van der Waals surface area contributed by atoms with Crippen molar-refractivity contribution in [3.63, 3.8) is 0 Å². The van der Waals surface area contributed by atoms with Gasteiger partial charge in [-0.25, -0.2) is 0 Å². The van der Waals surface area contributed by atoms with E-state index in [2.05, 4.69) is 41.8 Å². The first-order valence-corrected chi connectivity index (χ1v) is 12.4. The van der Waals surface area contributed by atoms with E-state index in [4.69, 9.17) is 21.7 Å². The Balaban J connectivity index is 2.00. The minimum absolute atomic E-state index is 0.00277. The Kier molecular flexibility index (Phi) is 8.47. The highest BCUT2D eigenvalue weighted by Crippen LogP contribution is 2.36. The molecule has 0 bridgehead atoms. The lowest BCUT2D eigenvalue weighted by atomic mass is 10.1. The molecule has 1 saturated heterocycles. The topological polar surface area (TPSA) is 67.9 Å². The minimum Gasteiger partial charge on any atom is -0.490 e. The molecule has 0 aromatic heterocycles. The number of amides is 2. The molecule has 1 N–H and O–H groups in total. The van der Waals surface area contributed by atoms with E-state index in [1.807, 2.05) is 44.2 Å². The van der Waals surface area contributed by atoms with Crippen molar-refractivity contribution in [3.8, 4) is 11.5 Å². The first kappa shape index (κ1) is 25.2. The van der Waals surface area contributed by atoms with E-state index < -0.39 is 11.8 Å². The van der Waals surface area contributed by atoms with Crippen LogP contribution in [0.15, 0.2) is 42.0 Å². The third-order valence-electron chi connectivity index (χ3n) is 5.24. The lowest BCUT2D eigenvalue weighted by molar-refractivity contribution is -0.122. The Hall–Kier alpha value is -2.46. The second-order valence-corrected chi connectivity index (χ2v) is 9.13. The highest BCUT2D eigenvalue weighted by Gasteiger charge is 2.34. The van der Waals surface area contributed by atoms with Crippen molar-refractivity contribution in [1.29, 1.82) is 0 Å². The van der Waals surface area contributed by atoms with Gasteiger partial charge in [0.05, 0.1) is 22.0 Å². The molecule has 0 spiro atoms. The number of halogens is 1. The molecule has 0 unspecified atom stereocenters. The second kappa shape index (κ2) is 11.1. The summed E-state index contributed by atoms with van der Waals surface area (Å²) in [7, 11) is 0. The average Bonchev–Trinajstić information content (AvgIpc) is 2.79. The number of hydrogen-bond donors (Lipinski definition) is 1. The van der Waals surface area contributed by atoms with Gasteiger partial charge in [0, 0.05) is 0 Å². The molecule has 3 rings (SSSR count). The Morgan fingerprint density at radius 3 is 2.45 bits per heavy atom. The van der Waals surface area contributed by atoms with Crippen LogP contribution in [-0.4, -0.2) is 29.6 Å². The van der Waals surface area contributed by atoms with Gasteiger partial charge < -0.3 is 9.47 Å². The van der Waals surface area contributed by atoms with Gasteiger partial charge in [0.25, 0.3) is 11.8 Å². The number of hydrogen-bond acceptors (Lipinski definition) is 5. The van der Waals surface area contributed by atoms with Gasteiger partial charge in [0.1, 0.15) is 5.57 Å². The number of anilines is 1.